The molecular weight excluding hydrogens is 444 g/mol. The maximum Gasteiger partial charge on any atom is 0.255 e. The van der Waals surface area contributed by atoms with Gasteiger partial charge < -0.3 is 24.4 Å². The summed E-state index contributed by atoms with van der Waals surface area (Å²) in [5.41, 5.74) is 1.16. The summed E-state index contributed by atoms with van der Waals surface area (Å²) >= 11 is 0. The Hall–Kier alpha value is -3.06. The summed E-state index contributed by atoms with van der Waals surface area (Å²) in [4.78, 5) is 27.8. The fraction of sp³-hybridized carbons (Fsp3) is 0.500. The molecule has 0 bridgehead atoms. The van der Waals surface area contributed by atoms with Crippen LogP contribution in [-0.4, -0.2) is 62.8 Å². The van der Waals surface area contributed by atoms with Crippen LogP contribution in [0.2, 0.25) is 0 Å². The number of para-hydroxylation sites is 1. The van der Waals surface area contributed by atoms with Gasteiger partial charge in [-0.15, -0.1) is 0 Å². The normalized spacial score (nSPS) is 19.1. The molecule has 1 saturated heterocycles. The molecule has 0 atom stereocenters. The minimum Gasteiger partial charge on any atom is -0.494 e. The van der Waals surface area contributed by atoms with Crippen molar-refractivity contribution in [2.45, 2.75) is 39.0 Å². The largest absolute Gasteiger partial charge is 0.494 e. The highest BCUT2D eigenvalue weighted by Crippen LogP contribution is 2.38. The number of hydrogen-bond donors (Lipinski definition) is 1. The minimum absolute atomic E-state index is 0.0404. The van der Waals surface area contributed by atoms with Gasteiger partial charge in [0.1, 0.15) is 11.5 Å². The highest BCUT2D eigenvalue weighted by Gasteiger charge is 2.37. The van der Waals surface area contributed by atoms with Crippen LogP contribution < -0.4 is 14.8 Å². The smallest absolute Gasteiger partial charge is 0.255 e. The number of carbonyl (C=O) groups is 2. The van der Waals surface area contributed by atoms with Gasteiger partial charge >= 0.3 is 0 Å². The van der Waals surface area contributed by atoms with Crippen molar-refractivity contribution >= 4 is 11.8 Å². The van der Waals surface area contributed by atoms with Crippen molar-refractivity contribution in [2.75, 3.05) is 46.1 Å². The first-order chi connectivity index (χ1) is 17.1. The average molecular weight is 481 g/mol. The predicted octanol–water partition coefficient (Wildman–Crippen LogP) is 4.32. The van der Waals surface area contributed by atoms with E-state index in [4.69, 9.17) is 14.2 Å². The van der Waals surface area contributed by atoms with E-state index in [0.29, 0.717) is 62.9 Å². The molecule has 0 aliphatic carbocycles. The lowest BCUT2D eigenvalue weighted by Gasteiger charge is -2.42. The molecular formula is C28H36N2O5. The van der Waals surface area contributed by atoms with Crippen molar-refractivity contribution in [3.8, 4) is 11.5 Å². The first-order valence-corrected chi connectivity index (χ1v) is 12.7. The van der Waals surface area contributed by atoms with E-state index in [2.05, 4.69) is 5.32 Å². The van der Waals surface area contributed by atoms with Crippen molar-refractivity contribution in [3.63, 3.8) is 0 Å². The Bertz CT molecular complexity index is 1000. The summed E-state index contributed by atoms with van der Waals surface area (Å²) in [6, 6.07) is 14.8. The van der Waals surface area contributed by atoms with E-state index >= 15 is 0 Å². The Morgan fingerprint density at radius 1 is 1.06 bits per heavy atom. The number of hydrogen-bond acceptors (Lipinski definition) is 5. The van der Waals surface area contributed by atoms with Crippen LogP contribution in [0.4, 0.5) is 0 Å². The Morgan fingerprint density at radius 3 is 2.71 bits per heavy atom. The first-order valence-electron chi connectivity index (χ1n) is 12.7. The molecule has 1 N–H and O–H groups in total. The number of benzene rings is 2. The quantitative estimate of drug-likeness (QED) is 0.708. The Labute approximate surface area is 207 Å². The SMILES string of the molecule is CCOc1cccc(C(=O)N2CCC3(CCCCOCCNC(=O)c4ccccc4OC3)CC2)c1. The van der Waals surface area contributed by atoms with Gasteiger partial charge in [0, 0.05) is 37.2 Å². The lowest BCUT2D eigenvalue weighted by molar-refractivity contribution is 0.0340. The van der Waals surface area contributed by atoms with E-state index in [-0.39, 0.29) is 17.2 Å². The zero-order valence-corrected chi connectivity index (χ0v) is 20.6. The molecule has 0 saturated carbocycles. The van der Waals surface area contributed by atoms with E-state index in [1.165, 1.54) is 0 Å². The van der Waals surface area contributed by atoms with E-state index in [1.807, 2.05) is 54.3 Å². The zero-order valence-electron chi connectivity index (χ0n) is 20.6. The highest BCUT2D eigenvalue weighted by atomic mass is 16.5. The zero-order chi connectivity index (χ0) is 24.5. The number of fused-ring (bicyclic) bond motifs is 1. The molecule has 1 fully saturated rings. The molecule has 2 aromatic rings. The first kappa shape index (κ1) is 25.0. The summed E-state index contributed by atoms with van der Waals surface area (Å²) < 4.78 is 17.6. The minimum atomic E-state index is -0.148. The molecule has 2 aliphatic rings. The summed E-state index contributed by atoms with van der Waals surface area (Å²) in [6.07, 6.45) is 4.74. The lowest BCUT2D eigenvalue weighted by Crippen LogP contribution is -2.45. The van der Waals surface area contributed by atoms with Crippen LogP contribution in [0, 0.1) is 5.41 Å². The Morgan fingerprint density at radius 2 is 1.89 bits per heavy atom. The average Bonchev–Trinajstić information content (AvgIpc) is 2.89. The van der Waals surface area contributed by atoms with Gasteiger partial charge in [0.15, 0.2) is 0 Å². The maximum atomic E-state index is 13.2. The highest BCUT2D eigenvalue weighted by molar-refractivity contribution is 5.97. The fourth-order valence-electron chi connectivity index (χ4n) is 4.87. The molecule has 188 valence electrons. The third kappa shape index (κ3) is 6.54. The summed E-state index contributed by atoms with van der Waals surface area (Å²) in [5.74, 6) is 1.22. The van der Waals surface area contributed by atoms with Crippen molar-refractivity contribution in [3.05, 3.63) is 59.7 Å². The van der Waals surface area contributed by atoms with Crippen molar-refractivity contribution < 1.29 is 23.8 Å². The van der Waals surface area contributed by atoms with Gasteiger partial charge in [-0.05, 0) is 62.9 Å². The maximum absolute atomic E-state index is 13.2. The molecule has 1 spiro atoms. The number of carbonyl (C=O) groups excluding carboxylic acids is 2. The predicted molar refractivity (Wildman–Crippen MR) is 134 cm³/mol. The summed E-state index contributed by atoms with van der Waals surface area (Å²) in [5, 5.41) is 2.91. The van der Waals surface area contributed by atoms with Gasteiger partial charge in [-0.2, -0.15) is 0 Å². The molecule has 4 rings (SSSR count). The molecule has 35 heavy (non-hydrogen) atoms. The van der Waals surface area contributed by atoms with Crippen LogP contribution in [0.3, 0.4) is 0 Å². The molecule has 2 aliphatic heterocycles. The number of nitrogens with one attached hydrogen (secondary N) is 1. The van der Waals surface area contributed by atoms with Crippen LogP contribution in [0.25, 0.3) is 0 Å². The molecule has 2 heterocycles. The third-order valence-electron chi connectivity index (χ3n) is 6.95. The molecule has 7 nitrogen and oxygen atoms in total. The molecule has 0 unspecified atom stereocenters. The molecule has 2 amide bonds. The Balaban J connectivity index is 1.46. The van der Waals surface area contributed by atoms with Gasteiger partial charge in [-0.25, -0.2) is 0 Å². The van der Waals surface area contributed by atoms with E-state index in [1.54, 1.807) is 6.07 Å². The van der Waals surface area contributed by atoms with Crippen LogP contribution in [0.1, 0.15) is 59.7 Å². The van der Waals surface area contributed by atoms with Gasteiger partial charge in [-0.3, -0.25) is 9.59 Å². The second-order valence-electron chi connectivity index (χ2n) is 9.36. The van der Waals surface area contributed by atoms with Gasteiger partial charge in [-0.1, -0.05) is 24.6 Å². The fourth-order valence-corrected chi connectivity index (χ4v) is 4.87. The number of rotatable bonds is 3. The van der Waals surface area contributed by atoms with Gasteiger partial charge in [0.2, 0.25) is 0 Å². The number of likely N-dealkylation sites (tertiary alicyclic amines) is 1. The van der Waals surface area contributed by atoms with Crippen LogP contribution in [0.5, 0.6) is 11.5 Å². The van der Waals surface area contributed by atoms with Crippen LogP contribution >= 0.6 is 0 Å². The summed E-state index contributed by atoms with van der Waals surface area (Å²) in [6.45, 7) is 6.06. The molecule has 0 radical (unpaired) electrons. The molecule has 2 aromatic carbocycles. The van der Waals surface area contributed by atoms with Crippen LogP contribution in [-0.2, 0) is 4.74 Å². The number of ether oxygens (including phenoxy) is 3. The van der Waals surface area contributed by atoms with Gasteiger partial charge in [0.05, 0.1) is 25.4 Å². The van der Waals surface area contributed by atoms with E-state index < -0.39 is 0 Å². The number of nitrogens with zero attached hydrogens (tertiary/aromatic N) is 1. The van der Waals surface area contributed by atoms with Crippen molar-refractivity contribution in [1.82, 2.24) is 10.2 Å². The summed E-state index contributed by atoms with van der Waals surface area (Å²) in [7, 11) is 0. The molecule has 7 heteroatoms. The number of amides is 2. The van der Waals surface area contributed by atoms with Crippen molar-refractivity contribution in [1.29, 1.82) is 0 Å². The number of piperidine rings is 1. The lowest BCUT2D eigenvalue weighted by atomic mass is 9.75. The second kappa shape index (κ2) is 12.1. The van der Waals surface area contributed by atoms with Crippen LogP contribution in [0.15, 0.2) is 48.5 Å². The third-order valence-corrected chi connectivity index (χ3v) is 6.95. The Kier molecular flexibility index (Phi) is 8.64. The topological polar surface area (TPSA) is 77.1 Å². The van der Waals surface area contributed by atoms with Gasteiger partial charge in [0.25, 0.3) is 11.8 Å². The standard InChI is InChI=1S/C28H36N2O5/c1-2-34-23-9-7-8-22(20-23)27(32)30-16-13-28(14-17-30)12-5-6-18-33-19-15-29-26(31)24-10-3-4-11-25(24)35-21-28/h3-4,7-11,20H,2,5-6,12-19,21H2,1H3,(H,29,31). The second-order valence-corrected chi connectivity index (χ2v) is 9.36. The van der Waals surface area contributed by atoms with Crippen molar-refractivity contribution in [2.24, 2.45) is 5.41 Å². The van der Waals surface area contributed by atoms with E-state index in [9.17, 15) is 9.59 Å². The molecule has 0 aromatic heterocycles. The monoisotopic (exact) mass is 480 g/mol. The van der Waals surface area contributed by atoms with E-state index in [0.717, 1.165) is 37.9 Å².